The third-order valence-corrected chi connectivity index (χ3v) is 7.74. The van der Waals surface area contributed by atoms with Crippen molar-refractivity contribution >= 4 is 28.4 Å². The number of hydrogen-bond acceptors (Lipinski definition) is 3. The van der Waals surface area contributed by atoms with Crippen LogP contribution >= 0.6 is 11.6 Å². The molecule has 5 rings (SSSR count). The number of carbonyl (C=O) groups excluding carboxylic acids is 1. The predicted molar refractivity (Wildman–Crippen MR) is 149 cm³/mol. The number of likely N-dealkylation sites (tertiary alicyclic amines) is 1. The quantitative estimate of drug-likeness (QED) is 0.294. The van der Waals surface area contributed by atoms with Crippen molar-refractivity contribution in [2.24, 2.45) is 11.8 Å². The molecule has 2 heterocycles. The lowest BCUT2D eigenvalue weighted by molar-refractivity contribution is -0.140. The first-order chi connectivity index (χ1) is 17.8. The van der Waals surface area contributed by atoms with Crippen LogP contribution in [0.1, 0.15) is 55.2 Å². The van der Waals surface area contributed by atoms with Gasteiger partial charge in [0.25, 0.3) is 5.56 Å². The molecule has 3 aromatic carbocycles. The van der Waals surface area contributed by atoms with Crippen molar-refractivity contribution in [3.05, 3.63) is 111 Å². The number of carbonyl (C=O) groups is 1. The van der Waals surface area contributed by atoms with Crippen LogP contribution in [0.3, 0.4) is 0 Å². The Hall–Kier alpha value is -3.44. The number of amides is 1. The number of aryl methyl sites for hydroxylation is 1. The minimum Gasteiger partial charge on any atom is -0.328 e. The van der Waals surface area contributed by atoms with Crippen LogP contribution in [-0.4, -0.2) is 20.4 Å². The van der Waals surface area contributed by atoms with Crippen LogP contribution in [-0.2, 0) is 17.9 Å². The fourth-order valence-corrected chi connectivity index (χ4v) is 5.40. The highest BCUT2D eigenvalue weighted by atomic mass is 35.5. The highest BCUT2D eigenvalue weighted by Crippen LogP contribution is 2.38. The minimum atomic E-state index is -0.324. The first-order valence-electron chi connectivity index (χ1n) is 12.9. The fraction of sp³-hybridized carbons (Fsp3) is 0.323. The Kier molecular flexibility index (Phi) is 7.16. The standard InChI is InChI=1S/C31H32ClN3O2/c1-20(2)24-15-28(34(29(36)16-24)18-23-11-9-21(3)10-12-23)30-33-27-17-25(32)13-14-26(27)31(37)35(30)19-22-7-5-4-6-8-22/h4-14,17,20,24,28H,15-16,18-19H2,1-3H3. The Morgan fingerprint density at radius 1 is 0.946 bits per heavy atom. The number of aromatic nitrogens is 2. The number of nitrogens with zero attached hydrogens (tertiary/aromatic N) is 3. The molecule has 190 valence electrons. The Balaban J connectivity index is 1.68. The number of rotatable bonds is 6. The highest BCUT2D eigenvalue weighted by Gasteiger charge is 2.38. The third kappa shape index (κ3) is 5.33. The van der Waals surface area contributed by atoms with Gasteiger partial charge in [0.05, 0.1) is 23.5 Å². The van der Waals surface area contributed by atoms with Gasteiger partial charge in [0.15, 0.2) is 0 Å². The van der Waals surface area contributed by atoms with Crippen molar-refractivity contribution in [3.63, 3.8) is 0 Å². The smallest absolute Gasteiger partial charge is 0.261 e. The summed E-state index contributed by atoms with van der Waals surface area (Å²) in [5.41, 5.74) is 3.69. The maximum Gasteiger partial charge on any atom is 0.261 e. The zero-order valence-corrected chi connectivity index (χ0v) is 22.3. The summed E-state index contributed by atoms with van der Waals surface area (Å²) in [6.07, 6.45) is 1.25. The van der Waals surface area contributed by atoms with E-state index >= 15 is 0 Å². The summed E-state index contributed by atoms with van der Waals surface area (Å²) in [5, 5.41) is 1.05. The van der Waals surface area contributed by atoms with Crippen molar-refractivity contribution in [1.29, 1.82) is 0 Å². The molecule has 1 saturated heterocycles. The van der Waals surface area contributed by atoms with Gasteiger partial charge in [0, 0.05) is 18.0 Å². The van der Waals surface area contributed by atoms with Crippen molar-refractivity contribution in [2.45, 2.75) is 52.7 Å². The first kappa shape index (κ1) is 25.2. The first-order valence-corrected chi connectivity index (χ1v) is 13.3. The van der Waals surface area contributed by atoms with Gasteiger partial charge in [-0.05, 0) is 54.5 Å². The molecular formula is C31H32ClN3O2. The van der Waals surface area contributed by atoms with Crippen LogP contribution in [0, 0.1) is 18.8 Å². The van der Waals surface area contributed by atoms with Crippen LogP contribution in [0.5, 0.6) is 0 Å². The second-order valence-corrected chi connectivity index (χ2v) is 10.9. The monoisotopic (exact) mass is 513 g/mol. The summed E-state index contributed by atoms with van der Waals surface area (Å²) < 4.78 is 1.76. The molecule has 0 spiro atoms. The molecular weight excluding hydrogens is 482 g/mol. The Labute approximate surface area is 222 Å². The van der Waals surface area contributed by atoms with Crippen LogP contribution in [0.15, 0.2) is 77.6 Å². The average molecular weight is 514 g/mol. The number of halogens is 1. The second-order valence-electron chi connectivity index (χ2n) is 10.5. The van der Waals surface area contributed by atoms with Crippen molar-refractivity contribution in [2.75, 3.05) is 0 Å². The Morgan fingerprint density at radius 2 is 1.65 bits per heavy atom. The van der Waals surface area contributed by atoms with E-state index in [4.69, 9.17) is 16.6 Å². The molecule has 2 unspecified atom stereocenters. The van der Waals surface area contributed by atoms with Crippen LogP contribution in [0.25, 0.3) is 10.9 Å². The fourth-order valence-electron chi connectivity index (χ4n) is 5.24. The topological polar surface area (TPSA) is 55.2 Å². The Bertz CT molecular complexity index is 1480. The van der Waals surface area contributed by atoms with E-state index in [1.807, 2.05) is 35.2 Å². The molecule has 4 aromatic rings. The van der Waals surface area contributed by atoms with E-state index in [0.717, 1.165) is 17.5 Å². The zero-order chi connectivity index (χ0) is 26.1. The van der Waals surface area contributed by atoms with Gasteiger partial charge in [-0.3, -0.25) is 14.2 Å². The maximum absolute atomic E-state index is 13.9. The molecule has 37 heavy (non-hydrogen) atoms. The molecule has 0 aliphatic carbocycles. The Morgan fingerprint density at radius 3 is 2.35 bits per heavy atom. The van der Waals surface area contributed by atoms with Gasteiger partial charge in [-0.25, -0.2) is 4.98 Å². The molecule has 0 saturated carbocycles. The summed E-state index contributed by atoms with van der Waals surface area (Å²) in [6.45, 7) is 7.24. The van der Waals surface area contributed by atoms with E-state index in [-0.39, 0.29) is 23.4 Å². The van der Waals surface area contributed by atoms with E-state index in [0.29, 0.717) is 47.2 Å². The van der Waals surface area contributed by atoms with Gasteiger partial charge in [-0.15, -0.1) is 0 Å². The van der Waals surface area contributed by atoms with Gasteiger partial charge in [-0.1, -0.05) is 85.6 Å². The van der Waals surface area contributed by atoms with Gasteiger partial charge in [0.1, 0.15) is 5.82 Å². The number of piperidine rings is 1. The summed E-state index contributed by atoms with van der Waals surface area (Å²) in [5.74, 6) is 1.28. The van der Waals surface area contributed by atoms with Crippen LogP contribution in [0.2, 0.25) is 5.02 Å². The maximum atomic E-state index is 13.9. The van der Waals surface area contributed by atoms with Crippen molar-refractivity contribution in [3.8, 4) is 0 Å². The van der Waals surface area contributed by atoms with Gasteiger partial charge < -0.3 is 4.90 Å². The molecule has 0 radical (unpaired) electrons. The lowest BCUT2D eigenvalue weighted by atomic mass is 9.82. The number of benzene rings is 3. The van der Waals surface area contributed by atoms with Gasteiger partial charge in [0.2, 0.25) is 5.91 Å². The zero-order valence-electron chi connectivity index (χ0n) is 21.5. The van der Waals surface area contributed by atoms with Gasteiger partial charge in [-0.2, -0.15) is 0 Å². The van der Waals surface area contributed by atoms with Crippen molar-refractivity contribution < 1.29 is 4.79 Å². The molecule has 1 aromatic heterocycles. The normalized spacial score (nSPS) is 18.1. The predicted octanol–water partition coefficient (Wildman–Crippen LogP) is 6.54. The number of hydrogen-bond donors (Lipinski definition) is 0. The minimum absolute atomic E-state index is 0.0993. The van der Waals surface area contributed by atoms with Crippen LogP contribution in [0.4, 0.5) is 0 Å². The van der Waals surface area contributed by atoms with Gasteiger partial charge >= 0.3 is 0 Å². The molecule has 1 fully saturated rings. The molecule has 6 heteroatoms. The molecule has 1 amide bonds. The molecule has 1 aliphatic heterocycles. The average Bonchev–Trinajstić information content (AvgIpc) is 2.88. The lowest BCUT2D eigenvalue weighted by Gasteiger charge is -2.41. The van der Waals surface area contributed by atoms with E-state index in [9.17, 15) is 9.59 Å². The van der Waals surface area contributed by atoms with E-state index < -0.39 is 0 Å². The largest absolute Gasteiger partial charge is 0.328 e. The van der Waals surface area contributed by atoms with Crippen LogP contribution < -0.4 is 5.56 Å². The van der Waals surface area contributed by atoms with E-state index in [2.05, 4.69) is 45.0 Å². The summed E-state index contributed by atoms with van der Waals surface area (Å²) in [4.78, 5) is 34.5. The molecule has 0 N–H and O–H groups in total. The van der Waals surface area contributed by atoms with Crippen molar-refractivity contribution in [1.82, 2.24) is 14.5 Å². The third-order valence-electron chi connectivity index (χ3n) is 7.50. The van der Waals surface area contributed by atoms with E-state index in [1.165, 1.54) is 5.56 Å². The second kappa shape index (κ2) is 10.5. The van der Waals surface area contributed by atoms with E-state index in [1.54, 1.807) is 22.8 Å². The molecule has 0 bridgehead atoms. The summed E-state index contributed by atoms with van der Waals surface area (Å²) in [6, 6.07) is 23.1. The number of fused-ring (bicyclic) bond motifs is 1. The SMILES string of the molecule is Cc1ccc(CN2C(=O)CC(C(C)C)CC2c2nc3cc(Cl)ccc3c(=O)n2Cc2ccccc2)cc1. The molecule has 5 nitrogen and oxygen atoms in total. The molecule has 1 aliphatic rings. The lowest BCUT2D eigenvalue weighted by Crippen LogP contribution is -2.44. The highest BCUT2D eigenvalue weighted by molar-refractivity contribution is 6.31. The summed E-state index contributed by atoms with van der Waals surface area (Å²) in [7, 11) is 0. The summed E-state index contributed by atoms with van der Waals surface area (Å²) >= 11 is 6.30. The molecule has 2 atom stereocenters.